The molecule has 0 aromatic carbocycles. The Balaban J connectivity index is 0.000000461. The molecule has 1 fully saturated rings. The van der Waals surface area contributed by atoms with E-state index >= 15 is 0 Å². The fourth-order valence-electron chi connectivity index (χ4n) is 1.37. The van der Waals surface area contributed by atoms with Gasteiger partial charge in [0.2, 0.25) is 0 Å². The van der Waals surface area contributed by atoms with Crippen LogP contribution in [0, 0.1) is 5.92 Å². The highest BCUT2D eigenvalue weighted by Gasteiger charge is 2.19. The zero-order chi connectivity index (χ0) is 8.69. The van der Waals surface area contributed by atoms with Gasteiger partial charge < -0.3 is 10.4 Å². The summed E-state index contributed by atoms with van der Waals surface area (Å²) in [5.41, 5.74) is 0. The van der Waals surface area contributed by atoms with Crippen LogP contribution in [0.5, 0.6) is 0 Å². The molecule has 2 nitrogen and oxygen atoms in total. The first kappa shape index (κ1) is 10.9. The Kier molecular flexibility index (Phi) is 6.57. The standard InChI is InChI=1S/C7H15NO.C2H6/c1-2-6-3-4-8-5-7(6)9;1-2/h6-9H,2-5H2,1H3;1-2H3. The zero-order valence-electron chi connectivity index (χ0n) is 7.93. The summed E-state index contributed by atoms with van der Waals surface area (Å²) in [4.78, 5) is 0. The molecule has 1 heterocycles. The summed E-state index contributed by atoms with van der Waals surface area (Å²) < 4.78 is 0. The molecule has 2 atom stereocenters. The summed E-state index contributed by atoms with van der Waals surface area (Å²) in [5.74, 6) is 0.547. The molecule has 0 amide bonds. The first-order chi connectivity index (χ1) is 5.34. The van der Waals surface area contributed by atoms with Crippen LogP contribution in [-0.4, -0.2) is 24.3 Å². The number of aliphatic hydroxyl groups is 1. The van der Waals surface area contributed by atoms with Crippen molar-refractivity contribution in [2.75, 3.05) is 13.1 Å². The Morgan fingerprint density at radius 1 is 1.45 bits per heavy atom. The summed E-state index contributed by atoms with van der Waals surface area (Å²) in [6, 6.07) is 0. The lowest BCUT2D eigenvalue weighted by atomic mass is 9.93. The molecule has 0 aromatic rings. The summed E-state index contributed by atoms with van der Waals surface area (Å²) in [6.07, 6.45) is 2.16. The van der Waals surface area contributed by atoms with Gasteiger partial charge in [-0.2, -0.15) is 0 Å². The van der Waals surface area contributed by atoms with Crippen LogP contribution in [0.3, 0.4) is 0 Å². The Morgan fingerprint density at radius 3 is 2.45 bits per heavy atom. The minimum Gasteiger partial charge on any atom is -0.392 e. The number of β-amino-alcohol motifs (C(OH)–C–C–N with tert-alkyl or cyclic N) is 1. The van der Waals surface area contributed by atoms with E-state index in [4.69, 9.17) is 0 Å². The van der Waals surface area contributed by atoms with Gasteiger partial charge in [0.25, 0.3) is 0 Å². The lowest BCUT2D eigenvalue weighted by molar-refractivity contribution is 0.0799. The molecule has 0 saturated carbocycles. The molecule has 0 bridgehead atoms. The van der Waals surface area contributed by atoms with Crippen LogP contribution in [0.15, 0.2) is 0 Å². The third kappa shape index (κ3) is 3.73. The van der Waals surface area contributed by atoms with E-state index < -0.39 is 0 Å². The smallest absolute Gasteiger partial charge is 0.0693 e. The first-order valence-electron chi connectivity index (χ1n) is 4.73. The number of aliphatic hydroxyl groups excluding tert-OH is 1. The SMILES string of the molecule is CC.CCC1CCNCC1O. The van der Waals surface area contributed by atoms with E-state index in [-0.39, 0.29) is 6.10 Å². The molecular formula is C9H21NO. The Bertz CT molecular complexity index is 85.6. The molecule has 1 saturated heterocycles. The quantitative estimate of drug-likeness (QED) is 0.606. The predicted octanol–water partition coefficient (Wildman–Crippen LogP) is 1.39. The maximum absolute atomic E-state index is 9.31. The van der Waals surface area contributed by atoms with Crippen molar-refractivity contribution in [3.63, 3.8) is 0 Å². The van der Waals surface area contributed by atoms with Crippen molar-refractivity contribution in [2.45, 2.75) is 39.7 Å². The van der Waals surface area contributed by atoms with Gasteiger partial charge in [0.1, 0.15) is 0 Å². The molecule has 11 heavy (non-hydrogen) atoms. The number of piperidine rings is 1. The van der Waals surface area contributed by atoms with Crippen LogP contribution in [0.1, 0.15) is 33.6 Å². The van der Waals surface area contributed by atoms with E-state index in [9.17, 15) is 5.11 Å². The van der Waals surface area contributed by atoms with Crippen molar-refractivity contribution >= 4 is 0 Å². The molecule has 0 spiro atoms. The van der Waals surface area contributed by atoms with Gasteiger partial charge in [0, 0.05) is 6.54 Å². The molecule has 1 aliphatic rings. The molecule has 2 heteroatoms. The van der Waals surface area contributed by atoms with Gasteiger partial charge in [-0.1, -0.05) is 27.2 Å². The molecule has 1 aliphatic heterocycles. The van der Waals surface area contributed by atoms with Crippen LogP contribution in [-0.2, 0) is 0 Å². The van der Waals surface area contributed by atoms with E-state index in [0.29, 0.717) is 5.92 Å². The van der Waals surface area contributed by atoms with Crippen molar-refractivity contribution in [3.8, 4) is 0 Å². The van der Waals surface area contributed by atoms with Gasteiger partial charge in [-0.25, -0.2) is 0 Å². The fourth-order valence-corrected chi connectivity index (χ4v) is 1.37. The maximum atomic E-state index is 9.31. The highest BCUT2D eigenvalue weighted by Crippen LogP contribution is 2.15. The average molecular weight is 159 g/mol. The van der Waals surface area contributed by atoms with Crippen LogP contribution in [0.4, 0.5) is 0 Å². The van der Waals surface area contributed by atoms with Crippen molar-refractivity contribution in [3.05, 3.63) is 0 Å². The van der Waals surface area contributed by atoms with E-state index in [2.05, 4.69) is 12.2 Å². The van der Waals surface area contributed by atoms with Gasteiger partial charge in [0.05, 0.1) is 6.10 Å². The summed E-state index contributed by atoms with van der Waals surface area (Å²) >= 11 is 0. The van der Waals surface area contributed by atoms with Gasteiger partial charge in [-0.05, 0) is 18.9 Å². The second-order valence-electron chi connectivity index (χ2n) is 2.73. The van der Waals surface area contributed by atoms with Gasteiger partial charge in [-0.15, -0.1) is 0 Å². The molecule has 68 valence electrons. The molecule has 1 rings (SSSR count). The molecule has 2 unspecified atom stereocenters. The van der Waals surface area contributed by atoms with Crippen molar-refractivity contribution in [1.82, 2.24) is 5.32 Å². The largest absolute Gasteiger partial charge is 0.392 e. The van der Waals surface area contributed by atoms with Crippen LogP contribution in [0.2, 0.25) is 0 Å². The first-order valence-corrected chi connectivity index (χ1v) is 4.73. The monoisotopic (exact) mass is 159 g/mol. The van der Waals surface area contributed by atoms with E-state index in [0.717, 1.165) is 25.9 Å². The van der Waals surface area contributed by atoms with Crippen LogP contribution >= 0.6 is 0 Å². The highest BCUT2D eigenvalue weighted by atomic mass is 16.3. The van der Waals surface area contributed by atoms with Gasteiger partial charge in [0.15, 0.2) is 0 Å². The highest BCUT2D eigenvalue weighted by molar-refractivity contribution is 4.75. The topological polar surface area (TPSA) is 32.3 Å². The second-order valence-corrected chi connectivity index (χ2v) is 2.73. The molecule has 0 radical (unpaired) electrons. The molecule has 0 aliphatic carbocycles. The number of hydrogen-bond acceptors (Lipinski definition) is 2. The number of hydrogen-bond donors (Lipinski definition) is 2. The van der Waals surface area contributed by atoms with Crippen LogP contribution in [0.25, 0.3) is 0 Å². The number of nitrogens with one attached hydrogen (secondary N) is 1. The Labute approximate surface area is 70.0 Å². The Hall–Kier alpha value is -0.0800. The Morgan fingerprint density at radius 2 is 2.09 bits per heavy atom. The van der Waals surface area contributed by atoms with E-state index in [1.807, 2.05) is 13.8 Å². The van der Waals surface area contributed by atoms with Crippen molar-refractivity contribution in [2.24, 2.45) is 5.92 Å². The van der Waals surface area contributed by atoms with E-state index in [1.54, 1.807) is 0 Å². The fraction of sp³-hybridized carbons (Fsp3) is 1.00. The lowest BCUT2D eigenvalue weighted by Gasteiger charge is -2.26. The molecule has 0 aromatic heterocycles. The molecular weight excluding hydrogens is 138 g/mol. The van der Waals surface area contributed by atoms with Gasteiger partial charge in [-0.3, -0.25) is 0 Å². The summed E-state index contributed by atoms with van der Waals surface area (Å²) in [7, 11) is 0. The zero-order valence-corrected chi connectivity index (χ0v) is 7.93. The normalized spacial score (nSPS) is 30.5. The predicted molar refractivity (Wildman–Crippen MR) is 48.6 cm³/mol. The third-order valence-corrected chi connectivity index (χ3v) is 2.11. The number of rotatable bonds is 1. The van der Waals surface area contributed by atoms with Crippen molar-refractivity contribution < 1.29 is 5.11 Å². The summed E-state index contributed by atoms with van der Waals surface area (Å²) in [5, 5.41) is 12.5. The minimum atomic E-state index is -0.0938. The molecule has 2 N–H and O–H groups in total. The lowest BCUT2D eigenvalue weighted by Crippen LogP contribution is -2.40. The maximum Gasteiger partial charge on any atom is 0.0693 e. The third-order valence-electron chi connectivity index (χ3n) is 2.11. The second kappa shape index (κ2) is 6.62. The summed E-state index contributed by atoms with van der Waals surface area (Å²) in [6.45, 7) is 8.01. The van der Waals surface area contributed by atoms with Crippen LogP contribution < -0.4 is 5.32 Å². The van der Waals surface area contributed by atoms with Gasteiger partial charge >= 0.3 is 0 Å². The van der Waals surface area contributed by atoms with Crippen molar-refractivity contribution in [1.29, 1.82) is 0 Å². The average Bonchev–Trinajstić information content (AvgIpc) is 2.09. The minimum absolute atomic E-state index is 0.0938. The van der Waals surface area contributed by atoms with E-state index in [1.165, 1.54) is 0 Å².